The lowest BCUT2D eigenvalue weighted by Crippen LogP contribution is -2.31. The molecule has 10 heteroatoms. The molecular formula is C23H25F2NO5S2. The average Bonchev–Trinajstić information content (AvgIpc) is 2.89. The Bertz CT molecular complexity index is 1140. The molecule has 2 aromatic rings. The number of nitrogens with zero attached hydrogens (tertiary/aromatic N) is 1. The highest BCUT2D eigenvalue weighted by Crippen LogP contribution is 2.45. The molecule has 3 rings (SSSR count). The van der Waals surface area contributed by atoms with Gasteiger partial charge in [0.15, 0.2) is 0 Å². The van der Waals surface area contributed by atoms with Crippen molar-refractivity contribution in [2.45, 2.75) is 41.5 Å². The van der Waals surface area contributed by atoms with Gasteiger partial charge in [-0.1, -0.05) is 38.0 Å². The fourth-order valence-corrected chi connectivity index (χ4v) is 5.96. The number of carbonyl (C=O) groups is 1. The number of unbranched alkanes of at least 4 members (excludes halogenated alkanes) is 1. The Morgan fingerprint density at radius 3 is 2.61 bits per heavy atom. The molecule has 6 nitrogen and oxygen atoms in total. The van der Waals surface area contributed by atoms with Gasteiger partial charge in [-0.05, 0) is 30.9 Å². The number of hydrogen-bond donors (Lipinski definition) is 1. The maximum absolute atomic E-state index is 15.5. The fourth-order valence-electron chi connectivity index (χ4n) is 3.72. The number of carboxylic acids is 1. The van der Waals surface area contributed by atoms with Gasteiger partial charge >= 0.3 is 5.97 Å². The summed E-state index contributed by atoms with van der Waals surface area (Å²) in [4.78, 5) is 12.7. The summed E-state index contributed by atoms with van der Waals surface area (Å²) in [7, 11) is -4.41. The van der Waals surface area contributed by atoms with Gasteiger partial charge in [0.1, 0.15) is 12.0 Å². The highest BCUT2D eigenvalue weighted by atomic mass is 32.2. The van der Waals surface area contributed by atoms with Crippen molar-refractivity contribution in [3.05, 3.63) is 54.6 Å². The Kier molecular flexibility index (Phi) is 8.01. The van der Waals surface area contributed by atoms with Crippen LogP contribution in [0.3, 0.4) is 0 Å². The van der Waals surface area contributed by atoms with Gasteiger partial charge in [-0.15, -0.1) is 11.8 Å². The molecule has 2 atom stereocenters. The van der Waals surface area contributed by atoms with Gasteiger partial charge in [0.2, 0.25) is 21.2 Å². The van der Waals surface area contributed by atoms with Crippen LogP contribution in [0.1, 0.15) is 26.2 Å². The summed E-state index contributed by atoms with van der Waals surface area (Å²) in [5, 5.41) is 8.71. The van der Waals surface area contributed by atoms with Crippen LogP contribution >= 0.6 is 11.8 Å². The van der Waals surface area contributed by atoms with Crippen LogP contribution < -0.4 is 9.64 Å². The molecular weight excluding hydrogens is 472 g/mol. The van der Waals surface area contributed by atoms with E-state index in [-0.39, 0.29) is 17.2 Å². The number of benzene rings is 2. The molecule has 2 aromatic carbocycles. The first-order valence-corrected chi connectivity index (χ1v) is 13.2. The lowest BCUT2D eigenvalue weighted by Gasteiger charge is -2.28. The van der Waals surface area contributed by atoms with Crippen LogP contribution in [0.4, 0.5) is 20.2 Å². The molecule has 1 N–H and O–H groups in total. The number of hydrogen-bond acceptors (Lipinski definition) is 6. The Morgan fingerprint density at radius 2 is 2.00 bits per heavy atom. The average molecular weight is 498 g/mol. The van der Waals surface area contributed by atoms with Gasteiger partial charge in [-0.25, -0.2) is 17.6 Å². The number of rotatable bonds is 8. The lowest BCUT2D eigenvalue weighted by molar-refractivity contribution is -0.134. The number of sulfone groups is 1. The smallest absolute Gasteiger partial charge is 0.368 e. The zero-order chi connectivity index (χ0) is 24.2. The van der Waals surface area contributed by atoms with Crippen LogP contribution in [0.25, 0.3) is 0 Å². The Balaban J connectivity index is 2.21. The van der Waals surface area contributed by atoms with E-state index < -0.39 is 33.1 Å². The number of aliphatic carboxylic acids is 1. The second kappa shape index (κ2) is 10.6. The van der Waals surface area contributed by atoms with Gasteiger partial charge in [0, 0.05) is 24.2 Å². The van der Waals surface area contributed by atoms with Crippen LogP contribution in [0.5, 0.6) is 5.75 Å². The third-order valence-corrected chi connectivity index (χ3v) is 8.09. The van der Waals surface area contributed by atoms with E-state index in [4.69, 9.17) is 9.84 Å². The van der Waals surface area contributed by atoms with Crippen LogP contribution in [0.15, 0.2) is 64.3 Å². The summed E-state index contributed by atoms with van der Waals surface area (Å²) in [6.07, 6.45) is 3.99. The first-order valence-electron chi connectivity index (χ1n) is 10.4. The number of halogens is 2. The topological polar surface area (TPSA) is 83.9 Å². The van der Waals surface area contributed by atoms with Gasteiger partial charge in [0.25, 0.3) is 0 Å². The van der Waals surface area contributed by atoms with Crippen LogP contribution in [-0.2, 0) is 14.6 Å². The summed E-state index contributed by atoms with van der Waals surface area (Å²) in [6.45, 7) is 2.12. The number of alkyl halides is 1. The predicted molar refractivity (Wildman–Crippen MR) is 124 cm³/mol. The first kappa shape index (κ1) is 25.0. The lowest BCUT2D eigenvalue weighted by atomic mass is 10.0. The van der Waals surface area contributed by atoms with E-state index in [0.717, 1.165) is 12.5 Å². The zero-order valence-electron chi connectivity index (χ0n) is 18.2. The maximum atomic E-state index is 15.5. The quantitative estimate of drug-likeness (QED) is 0.284. The van der Waals surface area contributed by atoms with Gasteiger partial charge in [-0.2, -0.15) is 4.39 Å². The summed E-state index contributed by atoms with van der Waals surface area (Å²) in [5.41, 5.74) is -1.12. The highest BCUT2D eigenvalue weighted by molar-refractivity contribution is 7.98. The molecule has 0 amide bonds. The Hall–Kier alpha value is -2.59. The molecule has 0 saturated heterocycles. The Labute approximate surface area is 196 Å². The molecule has 0 aliphatic carbocycles. The van der Waals surface area contributed by atoms with Gasteiger partial charge in [0.05, 0.1) is 15.5 Å². The number of para-hydroxylation sites is 1. The third-order valence-electron chi connectivity index (χ3n) is 5.42. The standard InChI is InChI=1S/C23H25F2NO5S2/c1-3-4-8-15-13-26(16-9-6-5-7-10-16)18-11-20(32-2)19(31-14-17(24)23(27)28)12-21(18)33(29,30)22(15)25/h5-7,9-12,14-15,22H,3-4,8,13H2,1-2H3,(H,27,28)/b17-14-/t15-,22-/m1/s1. The number of carboxylic acid groups (broad SMARTS) is 1. The molecule has 33 heavy (non-hydrogen) atoms. The molecule has 0 unspecified atom stereocenters. The molecule has 1 heterocycles. The normalized spacial score (nSPS) is 20.1. The second-order valence-corrected chi connectivity index (χ2v) is 10.4. The SMILES string of the molecule is CCCC[C@@H]1CN(c2ccccc2)c2cc(SC)c(O/C=C(\F)C(=O)O)cc2S(=O)(=O)[C@H]1F. The molecule has 178 valence electrons. The van der Waals surface area contributed by atoms with Crippen molar-refractivity contribution in [3.63, 3.8) is 0 Å². The van der Waals surface area contributed by atoms with Crippen molar-refractivity contribution >= 4 is 38.9 Å². The number of thioether (sulfide) groups is 1. The monoisotopic (exact) mass is 497 g/mol. The van der Waals surface area contributed by atoms with Crippen LogP contribution in [0, 0.1) is 5.92 Å². The van der Waals surface area contributed by atoms with Crippen LogP contribution in [0.2, 0.25) is 0 Å². The molecule has 0 fully saturated rings. The van der Waals surface area contributed by atoms with Crippen molar-refractivity contribution in [1.29, 1.82) is 0 Å². The second-order valence-electron chi connectivity index (χ2n) is 7.60. The third kappa shape index (κ3) is 5.33. The largest absolute Gasteiger partial charge is 0.476 e. The highest BCUT2D eigenvalue weighted by Gasteiger charge is 2.42. The van der Waals surface area contributed by atoms with E-state index in [0.29, 0.717) is 35.4 Å². The minimum absolute atomic E-state index is 0.0755. The molecule has 1 aliphatic heterocycles. The van der Waals surface area contributed by atoms with E-state index in [1.165, 1.54) is 11.8 Å². The Morgan fingerprint density at radius 1 is 1.30 bits per heavy atom. The summed E-state index contributed by atoms with van der Waals surface area (Å²) in [6, 6.07) is 11.8. The van der Waals surface area contributed by atoms with Gasteiger partial charge < -0.3 is 14.7 Å². The van der Waals surface area contributed by atoms with E-state index in [1.807, 2.05) is 37.3 Å². The van der Waals surface area contributed by atoms with Crippen LogP contribution in [-0.4, -0.2) is 37.8 Å². The van der Waals surface area contributed by atoms with E-state index in [2.05, 4.69) is 0 Å². The number of ether oxygens (including phenoxy) is 1. The zero-order valence-corrected chi connectivity index (χ0v) is 19.8. The van der Waals surface area contributed by atoms with E-state index in [9.17, 15) is 17.6 Å². The molecule has 1 aliphatic rings. The summed E-state index contributed by atoms with van der Waals surface area (Å²) >= 11 is 1.21. The van der Waals surface area contributed by atoms with E-state index in [1.54, 1.807) is 17.2 Å². The van der Waals surface area contributed by atoms with Crippen molar-refractivity contribution < 1.29 is 31.8 Å². The minimum atomic E-state index is -4.41. The molecule has 0 bridgehead atoms. The minimum Gasteiger partial charge on any atom is -0.476 e. The fraction of sp³-hybridized carbons (Fsp3) is 0.348. The van der Waals surface area contributed by atoms with E-state index >= 15 is 4.39 Å². The van der Waals surface area contributed by atoms with Gasteiger partial charge in [-0.3, -0.25) is 0 Å². The number of anilines is 2. The molecule has 0 radical (unpaired) electrons. The number of fused-ring (bicyclic) bond motifs is 1. The van der Waals surface area contributed by atoms with Crippen molar-refractivity contribution in [2.24, 2.45) is 5.92 Å². The predicted octanol–water partition coefficient (Wildman–Crippen LogP) is 5.71. The first-order chi connectivity index (χ1) is 15.7. The van der Waals surface area contributed by atoms with Crippen molar-refractivity contribution in [2.75, 3.05) is 17.7 Å². The summed E-state index contributed by atoms with van der Waals surface area (Å²) < 4.78 is 60.8. The molecule has 0 spiro atoms. The summed E-state index contributed by atoms with van der Waals surface area (Å²) in [5.74, 6) is -4.20. The van der Waals surface area contributed by atoms with Crippen molar-refractivity contribution in [3.8, 4) is 5.75 Å². The molecule has 0 aromatic heterocycles. The maximum Gasteiger partial charge on any atom is 0.368 e. The van der Waals surface area contributed by atoms with Crippen molar-refractivity contribution in [1.82, 2.24) is 0 Å². The molecule has 0 saturated carbocycles.